The van der Waals surface area contributed by atoms with Gasteiger partial charge < -0.3 is 9.47 Å². The van der Waals surface area contributed by atoms with Crippen molar-refractivity contribution >= 4 is 15.9 Å². The summed E-state index contributed by atoms with van der Waals surface area (Å²) < 4.78 is 51.1. The Bertz CT molecular complexity index is 904. The Labute approximate surface area is 157 Å². The number of methoxy groups -OCH3 is 1. The third-order valence-corrected chi connectivity index (χ3v) is 6.12. The largest absolute Gasteiger partial charge is 0.497 e. The second kappa shape index (κ2) is 7.66. The number of carbonyl (C=O) groups is 1. The molecule has 1 amide bonds. The van der Waals surface area contributed by atoms with Crippen LogP contribution in [0.15, 0.2) is 53.4 Å². The molecule has 0 aliphatic carbocycles. The van der Waals surface area contributed by atoms with Crippen molar-refractivity contribution < 1.29 is 27.1 Å². The van der Waals surface area contributed by atoms with Crippen molar-refractivity contribution in [2.24, 2.45) is 0 Å². The van der Waals surface area contributed by atoms with Gasteiger partial charge in [0, 0.05) is 13.2 Å². The zero-order chi connectivity index (χ0) is 19.5. The van der Waals surface area contributed by atoms with Gasteiger partial charge in [-0.15, -0.1) is 0 Å². The molecule has 1 heterocycles. The zero-order valence-electron chi connectivity index (χ0n) is 14.8. The van der Waals surface area contributed by atoms with Crippen LogP contribution in [0.25, 0.3) is 0 Å². The van der Waals surface area contributed by atoms with E-state index in [1.807, 2.05) is 0 Å². The van der Waals surface area contributed by atoms with Crippen LogP contribution in [-0.4, -0.2) is 34.6 Å². The average molecular weight is 393 g/mol. The van der Waals surface area contributed by atoms with E-state index in [0.717, 1.165) is 0 Å². The van der Waals surface area contributed by atoms with E-state index in [9.17, 15) is 17.6 Å². The highest BCUT2D eigenvalue weighted by molar-refractivity contribution is 7.90. The Kier molecular flexibility index (Phi) is 5.48. The minimum Gasteiger partial charge on any atom is -0.497 e. The SMILES string of the molecule is COc1ccc(S(=O)(=O)NC(=O)C2(c3ccc(F)cc3)CCOCC2)cc1. The van der Waals surface area contributed by atoms with Gasteiger partial charge in [-0.1, -0.05) is 12.1 Å². The van der Waals surface area contributed by atoms with Crippen LogP contribution in [0.2, 0.25) is 0 Å². The second-order valence-corrected chi connectivity index (χ2v) is 7.99. The maximum Gasteiger partial charge on any atom is 0.264 e. The van der Waals surface area contributed by atoms with E-state index >= 15 is 0 Å². The number of nitrogens with one attached hydrogen (secondary N) is 1. The van der Waals surface area contributed by atoms with Crippen LogP contribution in [-0.2, 0) is 25.0 Å². The minimum absolute atomic E-state index is 0.0436. The zero-order valence-corrected chi connectivity index (χ0v) is 15.6. The molecule has 2 aromatic carbocycles. The highest BCUT2D eigenvalue weighted by Crippen LogP contribution is 2.35. The van der Waals surface area contributed by atoms with Crippen molar-refractivity contribution in [2.75, 3.05) is 20.3 Å². The molecule has 1 saturated heterocycles. The molecule has 8 heteroatoms. The maximum absolute atomic E-state index is 13.3. The van der Waals surface area contributed by atoms with E-state index in [0.29, 0.717) is 37.4 Å². The van der Waals surface area contributed by atoms with E-state index in [1.54, 1.807) is 0 Å². The van der Waals surface area contributed by atoms with Crippen molar-refractivity contribution in [3.8, 4) is 5.75 Å². The summed E-state index contributed by atoms with van der Waals surface area (Å²) in [4.78, 5) is 13.0. The molecule has 0 saturated carbocycles. The predicted octanol–water partition coefficient (Wildman–Crippen LogP) is 2.39. The maximum atomic E-state index is 13.3. The molecule has 0 aromatic heterocycles. The van der Waals surface area contributed by atoms with E-state index in [2.05, 4.69) is 4.72 Å². The number of benzene rings is 2. The Morgan fingerprint density at radius 3 is 2.22 bits per heavy atom. The van der Waals surface area contributed by atoms with Gasteiger partial charge in [0.25, 0.3) is 10.0 Å². The van der Waals surface area contributed by atoms with Gasteiger partial charge in [-0.05, 0) is 54.8 Å². The fraction of sp³-hybridized carbons (Fsp3) is 0.316. The van der Waals surface area contributed by atoms with Gasteiger partial charge in [0.15, 0.2) is 0 Å². The predicted molar refractivity (Wildman–Crippen MR) is 96.5 cm³/mol. The highest BCUT2D eigenvalue weighted by atomic mass is 32.2. The molecule has 0 unspecified atom stereocenters. The molecule has 0 radical (unpaired) electrons. The molecule has 6 nitrogen and oxygen atoms in total. The molecule has 144 valence electrons. The van der Waals surface area contributed by atoms with Gasteiger partial charge in [-0.2, -0.15) is 0 Å². The third kappa shape index (κ3) is 3.96. The molecule has 2 aromatic rings. The first-order valence-electron chi connectivity index (χ1n) is 8.42. The molecule has 0 atom stereocenters. The number of sulfonamides is 1. The summed E-state index contributed by atoms with van der Waals surface area (Å²) in [6, 6.07) is 11.3. The van der Waals surface area contributed by atoms with Crippen LogP contribution in [0.5, 0.6) is 5.75 Å². The van der Waals surface area contributed by atoms with Crippen LogP contribution in [0, 0.1) is 5.82 Å². The van der Waals surface area contributed by atoms with E-state index in [4.69, 9.17) is 9.47 Å². The van der Waals surface area contributed by atoms with E-state index in [-0.39, 0.29) is 4.90 Å². The average Bonchev–Trinajstić information content (AvgIpc) is 2.68. The first kappa shape index (κ1) is 19.3. The molecule has 1 fully saturated rings. The summed E-state index contributed by atoms with van der Waals surface area (Å²) in [5, 5.41) is 0. The monoisotopic (exact) mass is 393 g/mol. The van der Waals surface area contributed by atoms with Crippen LogP contribution >= 0.6 is 0 Å². The van der Waals surface area contributed by atoms with Gasteiger partial charge in [-0.3, -0.25) is 4.79 Å². The van der Waals surface area contributed by atoms with Gasteiger partial charge >= 0.3 is 0 Å². The fourth-order valence-electron chi connectivity index (χ4n) is 3.17. The first-order valence-corrected chi connectivity index (χ1v) is 9.91. The Morgan fingerprint density at radius 2 is 1.67 bits per heavy atom. The minimum atomic E-state index is -4.06. The molecule has 1 aliphatic heterocycles. The topological polar surface area (TPSA) is 81.7 Å². The summed E-state index contributed by atoms with van der Waals surface area (Å²) >= 11 is 0. The number of halogens is 1. The summed E-state index contributed by atoms with van der Waals surface area (Å²) in [5.41, 5.74) is -0.527. The first-order chi connectivity index (χ1) is 12.9. The third-order valence-electron chi connectivity index (χ3n) is 4.77. The van der Waals surface area contributed by atoms with Crippen molar-refractivity contribution in [3.05, 3.63) is 59.9 Å². The molecule has 1 N–H and O–H groups in total. The highest BCUT2D eigenvalue weighted by Gasteiger charge is 2.43. The Balaban J connectivity index is 1.91. The van der Waals surface area contributed by atoms with Crippen LogP contribution in [0.3, 0.4) is 0 Å². The standard InChI is InChI=1S/C19H20FNO5S/c1-25-16-6-8-17(9-7-16)27(23,24)21-18(22)19(10-12-26-13-11-19)14-2-4-15(20)5-3-14/h2-9H,10-13H2,1H3,(H,21,22). The Hall–Kier alpha value is -2.45. The van der Waals surface area contributed by atoms with E-state index < -0.39 is 27.2 Å². The van der Waals surface area contributed by atoms with Crippen molar-refractivity contribution in [3.63, 3.8) is 0 Å². The molecule has 27 heavy (non-hydrogen) atoms. The lowest BCUT2D eigenvalue weighted by Gasteiger charge is -2.36. The van der Waals surface area contributed by atoms with Gasteiger partial charge in [0.2, 0.25) is 5.91 Å². The number of amides is 1. The fourth-order valence-corrected chi connectivity index (χ4v) is 4.22. The van der Waals surface area contributed by atoms with Crippen molar-refractivity contribution in [1.29, 1.82) is 0 Å². The molecule has 0 spiro atoms. The molecular formula is C19H20FNO5S. The van der Waals surface area contributed by atoms with Gasteiger partial charge in [0.1, 0.15) is 11.6 Å². The number of hydrogen-bond acceptors (Lipinski definition) is 5. The quantitative estimate of drug-likeness (QED) is 0.844. The molecule has 3 rings (SSSR count). The Morgan fingerprint density at radius 1 is 1.07 bits per heavy atom. The van der Waals surface area contributed by atoms with Crippen LogP contribution in [0.4, 0.5) is 4.39 Å². The van der Waals surface area contributed by atoms with Crippen LogP contribution in [0.1, 0.15) is 18.4 Å². The summed E-state index contributed by atoms with van der Waals surface area (Å²) in [7, 11) is -2.58. The lowest BCUT2D eigenvalue weighted by atomic mass is 9.73. The number of hydrogen-bond donors (Lipinski definition) is 1. The van der Waals surface area contributed by atoms with Gasteiger partial charge in [-0.25, -0.2) is 17.5 Å². The van der Waals surface area contributed by atoms with Gasteiger partial charge in [0.05, 0.1) is 17.4 Å². The number of ether oxygens (including phenoxy) is 2. The lowest BCUT2D eigenvalue weighted by Crippen LogP contribution is -2.49. The second-order valence-electron chi connectivity index (χ2n) is 6.31. The summed E-state index contributed by atoms with van der Waals surface area (Å²) in [6.07, 6.45) is 0.616. The molecular weight excluding hydrogens is 373 g/mol. The molecule has 1 aliphatic rings. The number of rotatable bonds is 5. The van der Waals surface area contributed by atoms with Crippen molar-refractivity contribution in [1.82, 2.24) is 4.72 Å². The van der Waals surface area contributed by atoms with Crippen LogP contribution < -0.4 is 9.46 Å². The van der Waals surface area contributed by atoms with Crippen molar-refractivity contribution in [2.45, 2.75) is 23.2 Å². The lowest BCUT2D eigenvalue weighted by molar-refractivity contribution is -0.128. The summed E-state index contributed by atoms with van der Waals surface area (Å²) in [5.74, 6) is -0.562. The molecule has 0 bridgehead atoms. The normalized spacial score (nSPS) is 16.5. The summed E-state index contributed by atoms with van der Waals surface area (Å²) in [6.45, 7) is 0.626. The van der Waals surface area contributed by atoms with E-state index in [1.165, 1.54) is 55.6 Å². The smallest absolute Gasteiger partial charge is 0.264 e. The number of carbonyl (C=O) groups excluding carboxylic acids is 1.